The first kappa shape index (κ1) is 15.2. The number of aliphatic hydroxyl groups excluding tert-OH is 1. The van der Waals surface area contributed by atoms with Gasteiger partial charge in [0, 0.05) is 32.2 Å². The quantitative estimate of drug-likeness (QED) is 0.753. The van der Waals surface area contributed by atoms with E-state index in [1.54, 1.807) is 14.2 Å². The highest BCUT2D eigenvalue weighted by Crippen LogP contribution is 2.48. The summed E-state index contributed by atoms with van der Waals surface area (Å²) in [6.45, 7) is 4.63. The molecule has 0 spiro atoms. The number of aliphatic hydroxyl groups is 1. The number of carbonyl (C=O) groups excluding carboxylic acids is 1. The van der Waals surface area contributed by atoms with Crippen LogP contribution in [0.15, 0.2) is 0 Å². The van der Waals surface area contributed by atoms with Crippen LogP contribution in [0.4, 0.5) is 4.79 Å². The largest absolute Gasteiger partial charge is 0.395 e. The maximum absolute atomic E-state index is 11.9. The number of amides is 2. The molecule has 1 saturated carbocycles. The van der Waals surface area contributed by atoms with Crippen LogP contribution >= 0.6 is 0 Å². The standard InChI is InChI=1S/C13H26N2O3/c1-5-13(6-2)10(9-11(13)18-4)14-12(17)15(3)7-8-16/h10-11,16H,5-9H2,1-4H3,(H,14,17). The van der Waals surface area contributed by atoms with Gasteiger partial charge < -0.3 is 20.1 Å². The highest BCUT2D eigenvalue weighted by Gasteiger charge is 2.53. The zero-order valence-corrected chi connectivity index (χ0v) is 11.9. The Hall–Kier alpha value is -0.810. The molecular formula is C13H26N2O3. The zero-order chi connectivity index (χ0) is 13.8. The van der Waals surface area contributed by atoms with E-state index in [-0.39, 0.29) is 30.2 Å². The Morgan fingerprint density at radius 3 is 2.56 bits per heavy atom. The van der Waals surface area contributed by atoms with Gasteiger partial charge in [0.05, 0.1) is 12.7 Å². The minimum absolute atomic E-state index is 0.0119. The number of ether oxygens (including phenoxy) is 1. The summed E-state index contributed by atoms with van der Waals surface area (Å²) >= 11 is 0. The summed E-state index contributed by atoms with van der Waals surface area (Å²) in [6, 6.07) is 0.0565. The van der Waals surface area contributed by atoms with Crippen molar-refractivity contribution in [1.29, 1.82) is 0 Å². The Bertz CT molecular complexity index is 279. The third-order valence-electron chi connectivity index (χ3n) is 4.47. The van der Waals surface area contributed by atoms with Crippen molar-refractivity contribution in [2.45, 2.75) is 45.3 Å². The lowest BCUT2D eigenvalue weighted by atomic mass is 9.58. The molecule has 5 nitrogen and oxygen atoms in total. The van der Waals surface area contributed by atoms with Crippen LogP contribution in [-0.2, 0) is 4.74 Å². The molecule has 2 atom stereocenters. The molecular weight excluding hydrogens is 232 g/mol. The second kappa shape index (κ2) is 6.38. The van der Waals surface area contributed by atoms with Crippen molar-refractivity contribution in [3.8, 4) is 0 Å². The summed E-state index contributed by atoms with van der Waals surface area (Å²) in [6.07, 6.45) is 3.10. The molecule has 1 fully saturated rings. The first-order valence-electron chi connectivity index (χ1n) is 6.71. The van der Waals surface area contributed by atoms with Gasteiger partial charge in [0.25, 0.3) is 0 Å². The number of methoxy groups -OCH3 is 1. The maximum Gasteiger partial charge on any atom is 0.317 e. The zero-order valence-electron chi connectivity index (χ0n) is 11.9. The van der Waals surface area contributed by atoms with Crippen LogP contribution in [0.25, 0.3) is 0 Å². The summed E-state index contributed by atoms with van der Waals surface area (Å²) in [7, 11) is 3.43. The van der Waals surface area contributed by atoms with E-state index in [0.29, 0.717) is 6.54 Å². The molecule has 0 heterocycles. The van der Waals surface area contributed by atoms with Gasteiger partial charge in [-0.3, -0.25) is 0 Å². The highest BCUT2D eigenvalue weighted by molar-refractivity contribution is 5.74. The van der Waals surface area contributed by atoms with Crippen molar-refractivity contribution in [2.24, 2.45) is 5.41 Å². The molecule has 0 aromatic carbocycles. The van der Waals surface area contributed by atoms with E-state index in [1.165, 1.54) is 4.90 Å². The summed E-state index contributed by atoms with van der Waals surface area (Å²) in [5, 5.41) is 11.9. The monoisotopic (exact) mass is 258 g/mol. The molecule has 5 heteroatoms. The second-order valence-corrected chi connectivity index (χ2v) is 5.05. The molecule has 2 N–H and O–H groups in total. The molecule has 18 heavy (non-hydrogen) atoms. The van der Waals surface area contributed by atoms with Gasteiger partial charge in [0.15, 0.2) is 0 Å². The van der Waals surface area contributed by atoms with Gasteiger partial charge in [-0.1, -0.05) is 13.8 Å². The molecule has 0 aromatic heterocycles. The lowest BCUT2D eigenvalue weighted by Crippen LogP contribution is -2.65. The molecule has 0 aliphatic heterocycles. The van der Waals surface area contributed by atoms with E-state index in [1.807, 2.05) is 0 Å². The fourth-order valence-corrected chi connectivity index (χ4v) is 2.99. The van der Waals surface area contributed by atoms with Crippen molar-refractivity contribution in [3.63, 3.8) is 0 Å². The summed E-state index contributed by atoms with van der Waals surface area (Å²) < 4.78 is 5.50. The molecule has 106 valence electrons. The number of carbonyl (C=O) groups is 1. The number of nitrogens with one attached hydrogen (secondary N) is 1. The van der Waals surface area contributed by atoms with E-state index in [2.05, 4.69) is 19.2 Å². The molecule has 2 amide bonds. The third-order valence-corrected chi connectivity index (χ3v) is 4.47. The lowest BCUT2D eigenvalue weighted by molar-refractivity contribution is -0.120. The Balaban J connectivity index is 2.60. The molecule has 0 aromatic rings. The van der Waals surface area contributed by atoms with Gasteiger partial charge in [-0.25, -0.2) is 4.79 Å². The van der Waals surface area contributed by atoms with Crippen LogP contribution in [0.3, 0.4) is 0 Å². The van der Waals surface area contributed by atoms with Crippen LogP contribution < -0.4 is 5.32 Å². The number of hydrogen-bond donors (Lipinski definition) is 2. The Kier molecular flexibility index (Phi) is 5.41. The van der Waals surface area contributed by atoms with E-state index in [9.17, 15) is 4.79 Å². The van der Waals surface area contributed by atoms with Gasteiger partial charge in [0.2, 0.25) is 0 Å². The molecule has 0 saturated heterocycles. The average Bonchev–Trinajstić information content (AvgIpc) is 2.35. The van der Waals surface area contributed by atoms with Crippen molar-refractivity contribution in [1.82, 2.24) is 10.2 Å². The minimum Gasteiger partial charge on any atom is -0.395 e. The lowest BCUT2D eigenvalue weighted by Gasteiger charge is -2.55. The third kappa shape index (κ3) is 2.62. The van der Waals surface area contributed by atoms with Crippen molar-refractivity contribution in [3.05, 3.63) is 0 Å². The molecule has 2 unspecified atom stereocenters. The van der Waals surface area contributed by atoms with Gasteiger partial charge in [0.1, 0.15) is 0 Å². The van der Waals surface area contributed by atoms with Crippen LogP contribution in [0, 0.1) is 5.41 Å². The van der Waals surface area contributed by atoms with Crippen LogP contribution in [0.2, 0.25) is 0 Å². The first-order chi connectivity index (χ1) is 8.55. The average molecular weight is 258 g/mol. The Morgan fingerprint density at radius 2 is 2.11 bits per heavy atom. The van der Waals surface area contributed by atoms with E-state index in [4.69, 9.17) is 9.84 Å². The van der Waals surface area contributed by atoms with E-state index < -0.39 is 0 Å². The Labute approximate surface area is 109 Å². The van der Waals surface area contributed by atoms with Crippen molar-refractivity contribution < 1.29 is 14.6 Å². The van der Waals surface area contributed by atoms with Gasteiger partial charge in [-0.15, -0.1) is 0 Å². The van der Waals surface area contributed by atoms with E-state index >= 15 is 0 Å². The number of rotatable bonds is 6. The molecule has 1 aliphatic carbocycles. The second-order valence-electron chi connectivity index (χ2n) is 5.05. The summed E-state index contributed by atoms with van der Waals surface area (Å²) in [4.78, 5) is 13.4. The molecule has 1 aliphatic rings. The molecule has 1 rings (SSSR count). The summed E-state index contributed by atoms with van der Waals surface area (Å²) in [5.74, 6) is 0. The molecule has 0 radical (unpaired) electrons. The molecule has 0 bridgehead atoms. The van der Waals surface area contributed by atoms with Crippen LogP contribution in [0.5, 0.6) is 0 Å². The first-order valence-corrected chi connectivity index (χ1v) is 6.71. The van der Waals surface area contributed by atoms with Crippen molar-refractivity contribution >= 4 is 6.03 Å². The van der Waals surface area contributed by atoms with Crippen LogP contribution in [0.1, 0.15) is 33.1 Å². The fourth-order valence-electron chi connectivity index (χ4n) is 2.99. The van der Waals surface area contributed by atoms with Gasteiger partial charge >= 0.3 is 6.03 Å². The van der Waals surface area contributed by atoms with Crippen molar-refractivity contribution in [2.75, 3.05) is 27.3 Å². The normalized spacial score (nSPS) is 25.4. The topological polar surface area (TPSA) is 61.8 Å². The smallest absolute Gasteiger partial charge is 0.317 e. The summed E-state index contributed by atoms with van der Waals surface area (Å²) in [5.41, 5.74) is 0.0600. The SMILES string of the molecule is CCC1(CC)C(NC(=O)N(C)CCO)CC1OC. The number of urea groups is 1. The number of hydrogen-bond acceptors (Lipinski definition) is 3. The maximum atomic E-state index is 11.9. The van der Waals surface area contributed by atoms with Gasteiger partial charge in [-0.05, 0) is 19.3 Å². The predicted molar refractivity (Wildman–Crippen MR) is 70.5 cm³/mol. The number of nitrogens with zero attached hydrogens (tertiary/aromatic N) is 1. The highest BCUT2D eigenvalue weighted by atomic mass is 16.5. The minimum atomic E-state index is -0.116. The predicted octanol–water partition coefficient (Wildman–Crippen LogP) is 1.21. The Morgan fingerprint density at radius 1 is 1.50 bits per heavy atom. The van der Waals surface area contributed by atoms with E-state index in [0.717, 1.165) is 19.3 Å². The fraction of sp³-hybridized carbons (Fsp3) is 0.923. The van der Waals surface area contributed by atoms with Crippen LogP contribution in [-0.4, -0.2) is 55.5 Å². The number of likely N-dealkylation sites (N-methyl/N-ethyl adjacent to an activating group) is 1. The van der Waals surface area contributed by atoms with Gasteiger partial charge in [-0.2, -0.15) is 0 Å².